The summed E-state index contributed by atoms with van der Waals surface area (Å²) in [5, 5.41) is 8.71. The lowest BCUT2D eigenvalue weighted by Gasteiger charge is -2.28. The second kappa shape index (κ2) is 6.44. The number of azo groups is 1. The van der Waals surface area contributed by atoms with Crippen LogP contribution in [0.5, 0.6) is 0 Å². The Morgan fingerprint density at radius 3 is 2.00 bits per heavy atom. The zero-order valence-corrected chi connectivity index (χ0v) is 12.7. The molecule has 2 aromatic carbocycles. The van der Waals surface area contributed by atoms with Crippen LogP contribution in [0.25, 0.3) is 0 Å². The quantitative estimate of drug-likeness (QED) is 0.716. The van der Waals surface area contributed by atoms with Crippen molar-refractivity contribution in [2.45, 2.75) is 32.2 Å². The van der Waals surface area contributed by atoms with Crippen LogP contribution in [0.2, 0.25) is 0 Å². The highest BCUT2D eigenvalue weighted by Gasteiger charge is 2.34. The normalized spacial score (nSPS) is 13.3. The molecule has 21 heavy (non-hydrogen) atoms. The van der Waals surface area contributed by atoms with Gasteiger partial charge in [0.15, 0.2) is 0 Å². The molecule has 0 heterocycles. The lowest BCUT2D eigenvalue weighted by atomic mass is 9.80. The van der Waals surface area contributed by atoms with Gasteiger partial charge in [-0.2, -0.15) is 10.2 Å². The van der Waals surface area contributed by atoms with Crippen LogP contribution >= 0.6 is 0 Å². The average Bonchev–Trinajstić information content (AvgIpc) is 2.47. The highest BCUT2D eigenvalue weighted by molar-refractivity contribution is 5.85. The van der Waals surface area contributed by atoms with Crippen LogP contribution in [-0.2, 0) is 4.79 Å². The Kier molecular flexibility index (Phi) is 4.63. The minimum absolute atomic E-state index is 0.0956. The Balaban J connectivity index is 2.31. The van der Waals surface area contributed by atoms with Crippen LogP contribution in [0.1, 0.15) is 32.3 Å². The molecule has 1 unspecified atom stereocenters. The Bertz CT molecular complexity index is 618. The van der Waals surface area contributed by atoms with E-state index in [1.165, 1.54) is 0 Å². The Hall–Kier alpha value is -2.29. The number of ketones is 1. The molecule has 0 bridgehead atoms. The van der Waals surface area contributed by atoms with E-state index in [-0.39, 0.29) is 11.7 Å². The van der Waals surface area contributed by atoms with Crippen LogP contribution in [0.4, 0.5) is 5.69 Å². The molecule has 0 aliphatic rings. The van der Waals surface area contributed by atoms with E-state index in [0.29, 0.717) is 0 Å². The van der Waals surface area contributed by atoms with Gasteiger partial charge in [-0.1, -0.05) is 48.5 Å². The van der Waals surface area contributed by atoms with E-state index in [1.54, 1.807) is 6.92 Å². The molecule has 0 fully saturated rings. The maximum atomic E-state index is 12.1. The average molecular weight is 280 g/mol. The van der Waals surface area contributed by atoms with Crippen molar-refractivity contribution < 1.29 is 4.79 Å². The smallest absolute Gasteiger partial charge is 0.139 e. The maximum Gasteiger partial charge on any atom is 0.139 e. The molecule has 108 valence electrons. The lowest BCUT2D eigenvalue weighted by molar-refractivity contribution is -0.119. The Morgan fingerprint density at radius 1 is 0.952 bits per heavy atom. The number of nitrogens with zero attached hydrogens (tertiary/aromatic N) is 2. The van der Waals surface area contributed by atoms with Crippen LogP contribution in [0.3, 0.4) is 0 Å². The van der Waals surface area contributed by atoms with Crippen molar-refractivity contribution in [3.8, 4) is 0 Å². The summed E-state index contributed by atoms with van der Waals surface area (Å²) in [5.41, 5.74) is 1.17. The summed E-state index contributed by atoms with van der Waals surface area (Å²) >= 11 is 0. The number of hydrogen-bond acceptors (Lipinski definition) is 3. The van der Waals surface area contributed by atoms with Crippen molar-refractivity contribution in [2.75, 3.05) is 0 Å². The molecule has 0 aromatic heterocycles. The third kappa shape index (κ3) is 3.85. The zero-order chi connectivity index (χ0) is 15.3. The standard InChI is InChI=1S/C18H20N2O/c1-14(21)17(15-10-6-4-7-11-15)18(2,3)20-19-16-12-8-5-9-13-16/h4-13,17H,1-3H3. The summed E-state index contributed by atoms with van der Waals surface area (Å²) in [5.74, 6) is -0.204. The predicted molar refractivity (Wildman–Crippen MR) is 84.9 cm³/mol. The predicted octanol–water partition coefficient (Wildman–Crippen LogP) is 4.92. The molecule has 0 aliphatic heterocycles. The fraction of sp³-hybridized carbons (Fsp3) is 0.278. The molecule has 3 nitrogen and oxygen atoms in total. The first-order valence-electron chi connectivity index (χ1n) is 7.04. The molecule has 0 spiro atoms. The van der Waals surface area contributed by atoms with Crippen LogP contribution < -0.4 is 0 Å². The van der Waals surface area contributed by atoms with Crippen molar-refractivity contribution in [1.29, 1.82) is 0 Å². The van der Waals surface area contributed by atoms with Gasteiger partial charge in [-0.05, 0) is 38.5 Å². The second-order valence-electron chi connectivity index (χ2n) is 5.64. The van der Waals surface area contributed by atoms with Crippen molar-refractivity contribution in [3.05, 3.63) is 66.2 Å². The Labute approximate surface area is 125 Å². The van der Waals surface area contributed by atoms with Gasteiger partial charge < -0.3 is 0 Å². The second-order valence-corrected chi connectivity index (χ2v) is 5.64. The van der Waals surface area contributed by atoms with Crippen LogP contribution in [0, 0.1) is 0 Å². The maximum absolute atomic E-state index is 12.1. The molecule has 3 heteroatoms. The zero-order valence-electron chi connectivity index (χ0n) is 12.7. The minimum atomic E-state index is -0.594. The van der Waals surface area contributed by atoms with E-state index in [4.69, 9.17) is 0 Å². The van der Waals surface area contributed by atoms with Gasteiger partial charge in [-0.25, -0.2) is 0 Å². The molecule has 2 aromatic rings. The number of rotatable bonds is 5. The third-order valence-electron chi connectivity index (χ3n) is 3.43. The highest BCUT2D eigenvalue weighted by Crippen LogP contribution is 2.33. The summed E-state index contributed by atoms with van der Waals surface area (Å²) < 4.78 is 0. The molecule has 2 rings (SSSR count). The van der Waals surface area contributed by atoms with E-state index >= 15 is 0 Å². The molecule has 0 saturated heterocycles. The first-order chi connectivity index (χ1) is 10.0. The summed E-state index contributed by atoms with van der Waals surface area (Å²) in [6.07, 6.45) is 0. The third-order valence-corrected chi connectivity index (χ3v) is 3.43. The Morgan fingerprint density at radius 2 is 1.48 bits per heavy atom. The number of hydrogen-bond donors (Lipinski definition) is 0. The van der Waals surface area contributed by atoms with Gasteiger partial charge in [0.2, 0.25) is 0 Å². The van der Waals surface area contributed by atoms with Crippen molar-refractivity contribution in [2.24, 2.45) is 10.2 Å². The summed E-state index contributed by atoms with van der Waals surface area (Å²) in [4.78, 5) is 12.1. The number of carbonyl (C=O) groups is 1. The lowest BCUT2D eigenvalue weighted by Crippen LogP contribution is -2.31. The van der Waals surface area contributed by atoms with Crippen LogP contribution in [0.15, 0.2) is 70.9 Å². The van der Waals surface area contributed by atoms with E-state index < -0.39 is 5.54 Å². The fourth-order valence-electron chi connectivity index (χ4n) is 2.52. The van der Waals surface area contributed by atoms with Gasteiger partial charge in [0, 0.05) is 0 Å². The monoisotopic (exact) mass is 280 g/mol. The van der Waals surface area contributed by atoms with Gasteiger partial charge in [-0.3, -0.25) is 4.79 Å². The molecular weight excluding hydrogens is 260 g/mol. The molecule has 0 N–H and O–H groups in total. The van der Waals surface area contributed by atoms with E-state index in [1.807, 2.05) is 74.5 Å². The van der Waals surface area contributed by atoms with Crippen LogP contribution in [-0.4, -0.2) is 11.3 Å². The molecule has 0 radical (unpaired) electrons. The summed E-state index contributed by atoms with van der Waals surface area (Å²) in [6, 6.07) is 19.3. The van der Waals surface area contributed by atoms with Crippen molar-refractivity contribution in [3.63, 3.8) is 0 Å². The summed E-state index contributed by atoms with van der Waals surface area (Å²) in [6.45, 7) is 5.49. The summed E-state index contributed by atoms with van der Waals surface area (Å²) in [7, 11) is 0. The fourth-order valence-corrected chi connectivity index (χ4v) is 2.52. The molecule has 0 amide bonds. The van der Waals surface area contributed by atoms with Gasteiger partial charge in [0.05, 0.1) is 17.1 Å². The molecule has 0 saturated carbocycles. The molecular formula is C18H20N2O. The van der Waals surface area contributed by atoms with Crippen molar-refractivity contribution >= 4 is 11.5 Å². The topological polar surface area (TPSA) is 41.8 Å². The van der Waals surface area contributed by atoms with E-state index in [2.05, 4.69) is 10.2 Å². The number of Topliss-reactive ketones (excluding diaryl/α,β-unsaturated/α-hetero) is 1. The first kappa shape index (κ1) is 15.1. The van der Waals surface area contributed by atoms with Gasteiger partial charge >= 0.3 is 0 Å². The number of benzene rings is 2. The SMILES string of the molecule is CC(=O)C(c1ccccc1)C(C)(C)N=Nc1ccccc1. The first-order valence-corrected chi connectivity index (χ1v) is 7.04. The highest BCUT2D eigenvalue weighted by atomic mass is 16.1. The van der Waals surface area contributed by atoms with Gasteiger partial charge in [-0.15, -0.1) is 0 Å². The van der Waals surface area contributed by atoms with Gasteiger partial charge in [0.25, 0.3) is 0 Å². The van der Waals surface area contributed by atoms with Crippen molar-refractivity contribution in [1.82, 2.24) is 0 Å². The minimum Gasteiger partial charge on any atom is -0.299 e. The van der Waals surface area contributed by atoms with Gasteiger partial charge in [0.1, 0.15) is 5.78 Å². The number of carbonyl (C=O) groups excluding carboxylic acids is 1. The van der Waals surface area contributed by atoms with E-state index in [0.717, 1.165) is 11.3 Å². The molecule has 1 atom stereocenters. The largest absolute Gasteiger partial charge is 0.299 e. The molecule has 0 aliphatic carbocycles. The van der Waals surface area contributed by atoms with E-state index in [9.17, 15) is 4.79 Å².